The molecule has 6 nitrogen and oxygen atoms in total. The van der Waals surface area contributed by atoms with Crippen molar-refractivity contribution in [1.29, 1.82) is 0 Å². The number of morpholine rings is 1. The van der Waals surface area contributed by atoms with Gasteiger partial charge in [0.05, 0.1) is 19.3 Å². The zero-order valence-electron chi connectivity index (χ0n) is 12.5. The van der Waals surface area contributed by atoms with Gasteiger partial charge in [-0.25, -0.2) is 0 Å². The van der Waals surface area contributed by atoms with E-state index in [0.717, 1.165) is 12.2 Å². The molecule has 0 N–H and O–H groups in total. The molecule has 0 aromatic carbocycles. The molecule has 0 spiro atoms. The summed E-state index contributed by atoms with van der Waals surface area (Å²) < 4.78 is 10.5. The highest BCUT2D eigenvalue weighted by molar-refractivity contribution is 5.76. The van der Waals surface area contributed by atoms with Crippen LogP contribution in [0.25, 0.3) is 0 Å². The van der Waals surface area contributed by atoms with Crippen LogP contribution in [-0.2, 0) is 16.0 Å². The first-order valence-corrected chi connectivity index (χ1v) is 7.27. The molecule has 1 aromatic rings. The van der Waals surface area contributed by atoms with Gasteiger partial charge < -0.3 is 14.2 Å². The van der Waals surface area contributed by atoms with Crippen molar-refractivity contribution in [2.24, 2.45) is 0 Å². The van der Waals surface area contributed by atoms with E-state index in [1.54, 1.807) is 0 Å². The lowest BCUT2D eigenvalue weighted by molar-refractivity contribution is -0.139. The fraction of sp³-hybridized carbons (Fsp3) is 0.786. The van der Waals surface area contributed by atoms with Crippen LogP contribution in [0.1, 0.15) is 51.2 Å². The summed E-state index contributed by atoms with van der Waals surface area (Å²) in [5, 5.41) is 3.92. The fourth-order valence-electron chi connectivity index (χ4n) is 2.24. The largest absolute Gasteiger partial charge is 0.377 e. The Kier molecular flexibility index (Phi) is 5.11. The Morgan fingerprint density at radius 1 is 1.50 bits per heavy atom. The molecular formula is C14H23N3O3. The standard InChI is InChI=1S/C14H23N3O3/c1-10(2)14-15-12(20-16-14)5-4-6-13(18)17-7-8-19-9-11(17)3/h10-11H,4-9H2,1-3H3/t11-/m0/s1. The number of hydrogen-bond donors (Lipinski definition) is 0. The normalized spacial score (nSPS) is 19.6. The number of rotatable bonds is 5. The molecule has 0 unspecified atom stereocenters. The van der Waals surface area contributed by atoms with Gasteiger partial charge in [-0.05, 0) is 13.3 Å². The molecule has 1 atom stereocenters. The second-order valence-corrected chi connectivity index (χ2v) is 5.57. The molecule has 2 rings (SSSR count). The number of carbonyl (C=O) groups is 1. The van der Waals surface area contributed by atoms with E-state index in [9.17, 15) is 4.79 Å². The molecule has 112 valence electrons. The Balaban J connectivity index is 1.75. The van der Waals surface area contributed by atoms with Crippen molar-refractivity contribution >= 4 is 5.91 Å². The molecule has 0 aliphatic carbocycles. The first kappa shape index (κ1) is 15.0. The third kappa shape index (κ3) is 3.79. The Hall–Kier alpha value is -1.43. The van der Waals surface area contributed by atoms with Gasteiger partial charge >= 0.3 is 0 Å². The number of carbonyl (C=O) groups excluding carboxylic acids is 1. The predicted octanol–water partition coefficient (Wildman–Crippen LogP) is 1.76. The van der Waals surface area contributed by atoms with Crippen molar-refractivity contribution in [2.45, 2.75) is 52.0 Å². The maximum atomic E-state index is 12.1. The van der Waals surface area contributed by atoms with Crippen LogP contribution in [-0.4, -0.2) is 46.7 Å². The molecule has 1 aliphatic heterocycles. The molecule has 0 bridgehead atoms. The average Bonchev–Trinajstić information content (AvgIpc) is 2.88. The molecule has 1 aromatic heterocycles. The van der Waals surface area contributed by atoms with Crippen LogP contribution in [0.2, 0.25) is 0 Å². The van der Waals surface area contributed by atoms with Gasteiger partial charge in [0.1, 0.15) is 0 Å². The molecule has 1 amide bonds. The molecular weight excluding hydrogens is 258 g/mol. The van der Waals surface area contributed by atoms with Crippen molar-refractivity contribution in [1.82, 2.24) is 15.0 Å². The average molecular weight is 281 g/mol. The van der Waals surface area contributed by atoms with E-state index < -0.39 is 0 Å². The van der Waals surface area contributed by atoms with Crippen molar-refractivity contribution in [3.8, 4) is 0 Å². The molecule has 1 fully saturated rings. The molecule has 6 heteroatoms. The molecule has 2 heterocycles. The summed E-state index contributed by atoms with van der Waals surface area (Å²) in [5.74, 6) is 1.80. The van der Waals surface area contributed by atoms with Gasteiger partial charge in [-0.3, -0.25) is 4.79 Å². The number of aryl methyl sites for hydroxylation is 1. The van der Waals surface area contributed by atoms with Crippen molar-refractivity contribution < 1.29 is 14.1 Å². The van der Waals surface area contributed by atoms with Crippen molar-refractivity contribution in [2.75, 3.05) is 19.8 Å². The number of hydrogen-bond acceptors (Lipinski definition) is 5. The molecule has 0 radical (unpaired) electrons. The quantitative estimate of drug-likeness (QED) is 0.822. The van der Waals surface area contributed by atoms with Crippen LogP contribution in [0.15, 0.2) is 4.52 Å². The zero-order chi connectivity index (χ0) is 14.5. The smallest absolute Gasteiger partial charge is 0.226 e. The number of ether oxygens (including phenoxy) is 1. The monoisotopic (exact) mass is 281 g/mol. The number of aromatic nitrogens is 2. The van der Waals surface area contributed by atoms with Crippen LogP contribution >= 0.6 is 0 Å². The summed E-state index contributed by atoms with van der Waals surface area (Å²) in [4.78, 5) is 18.3. The van der Waals surface area contributed by atoms with E-state index in [0.29, 0.717) is 38.5 Å². The van der Waals surface area contributed by atoms with Gasteiger partial charge in [0.25, 0.3) is 0 Å². The van der Waals surface area contributed by atoms with E-state index in [2.05, 4.69) is 10.1 Å². The van der Waals surface area contributed by atoms with E-state index in [1.165, 1.54) is 0 Å². The van der Waals surface area contributed by atoms with Crippen LogP contribution in [0.4, 0.5) is 0 Å². The van der Waals surface area contributed by atoms with Gasteiger partial charge in [-0.15, -0.1) is 0 Å². The minimum absolute atomic E-state index is 0.173. The van der Waals surface area contributed by atoms with Crippen molar-refractivity contribution in [3.63, 3.8) is 0 Å². The summed E-state index contributed by atoms with van der Waals surface area (Å²) in [6, 6.07) is 0.173. The fourth-order valence-corrected chi connectivity index (χ4v) is 2.24. The second kappa shape index (κ2) is 6.83. The lowest BCUT2D eigenvalue weighted by Crippen LogP contribution is -2.47. The first-order chi connectivity index (χ1) is 9.58. The number of amides is 1. The van der Waals surface area contributed by atoms with Gasteiger partial charge in [0.15, 0.2) is 5.82 Å². The molecule has 0 saturated carbocycles. The SMILES string of the molecule is CC(C)c1noc(CCCC(=O)N2CCOC[C@@H]2C)n1. The molecule has 1 saturated heterocycles. The van der Waals surface area contributed by atoms with Gasteiger partial charge in [0.2, 0.25) is 11.8 Å². The lowest BCUT2D eigenvalue weighted by atomic mass is 10.1. The lowest BCUT2D eigenvalue weighted by Gasteiger charge is -2.33. The van der Waals surface area contributed by atoms with Crippen molar-refractivity contribution in [3.05, 3.63) is 11.7 Å². The van der Waals surface area contributed by atoms with Gasteiger partial charge in [-0.1, -0.05) is 19.0 Å². The molecule has 20 heavy (non-hydrogen) atoms. The Labute approximate surface area is 119 Å². The number of nitrogens with zero attached hydrogens (tertiary/aromatic N) is 3. The maximum absolute atomic E-state index is 12.1. The Morgan fingerprint density at radius 2 is 2.30 bits per heavy atom. The van der Waals surface area contributed by atoms with Crippen LogP contribution in [0, 0.1) is 0 Å². The maximum Gasteiger partial charge on any atom is 0.226 e. The second-order valence-electron chi connectivity index (χ2n) is 5.57. The summed E-state index contributed by atoms with van der Waals surface area (Å²) in [6.45, 7) is 8.03. The van der Waals surface area contributed by atoms with E-state index in [4.69, 9.17) is 9.26 Å². The summed E-state index contributed by atoms with van der Waals surface area (Å²) in [7, 11) is 0. The third-order valence-corrected chi connectivity index (χ3v) is 3.47. The van der Waals surface area contributed by atoms with Gasteiger partial charge in [-0.2, -0.15) is 4.98 Å². The summed E-state index contributed by atoms with van der Waals surface area (Å²) in [6.07, 6.45) is 1.91. The minimum atomic E-state index is 0.173. The Bertz CT molecular complexity index is 445. The Morgan fingerprint density at radius 3 is 2.95 bits per heavy atom. The summed E-state index contributed by atoms with van der Waals surface area (Å²) in [5.41, 5.74) is 0. The highest BCUT2D eigenvalue weighted by Crippen LogP contribution is 2.13. The van der Waals surface area contributed by atoms with Crippen LogP contribution in [0.5, 0.6) is 0 Å². The van der Waals surface area contributed by atoms with E-state index >= 15 is 0 Å². The summed E-state index contributed by atoms with van der Waals surface area (Å²) >= 11 is 0. The predicted molar refractivity (Wildman–Crippen MR) is 73.3 cm³/mol. The van der Waals surface area contributed by atoms with Crippen LogP contribution in [0.3, 0.4) is 0 Å². The van der Waals surface area contributed by atoms with E-state index in [1.807, 2.05) is 25.7 Å². The topological polar surface area (TPSA) is 68.5 Å². The highest BCUT2D eigenvalue weighted by atomic mass is 16.5. The van der Waals surface area contributed by atoms with Gasteiger partial charge in [0, 0.05) is 25.3 Å². The zero-order valence-corrected chi connectivity index (χ0v) is 12.5. The highest BCUT2D eigenvalue weighted by Gasteiger charge is 2.23. The van der Waals surface area contributed by atoms with E-state index in [-0.39, 0.29) is 17.9 Å². The van der Waals surface area contributed by atoms with Crippen LogP contribution < -0.4 is 0 Å². The molecule has 1 aliphatic rings. The third-order valence-electron chi connectivity index (χ3n) is 3.47. The minimum Gasteiger partial charge on any atom is -0.377 e. The first-order valence-electron chi connectivity index (χ1n) is 7.27.